The zero-order valence-corrected chi connectivity index (χ0v) is 13.6. The second kappa shape index (κ2) is 6.97. The first-order valence-electron chi connectivity index (χ1n) is 6.80. The minimum Gasteiger partial charge on any atom is -0.313 e. The van der Waals surface area contributed by atoms with E-state index in [1.165, 1.54) is 46.4 Å². The Labute approximate surface area is 123 Å². The van der Waals surface area contributed by atoms with Crippen LogP contribution in [0.25, 0.3) is 0 Å². The van der Waals surface area contributed by atoms with Crippen LogP contribution in [0.3, 0.4) is 0 Å². The molecule has 1 N–H and O–H groups in total. The Balaban J connectivity index is 1.96. The first kappa shape index (κ1) is 14.4. The Morgan fingerprint density at radius 3 is 2.72 bits per heavy atom. The quantitative estimate of drug-likeness (QED) is 0.763. The van der Waals surface area contributed by atoms with E-state index in [4.69, 9.17) is 0 Å². The maximum absolute atomic E-state index is 3.71. The molecule has 3 heteroatoms. The molecule has 1 atom stereocenters. The van der Waals surface area contributed by atoms with E-state index in [9.17, 15) is 0 Å². The van der Waals surface area contributed by atoms with Crippen LogP contribution in [0.4, 0.5) is 0 Å². The highest BCUT2D eigenvalue weighted by atomic mass is 79.9. The molecule has 0 saturated heterocycles. The van der Waals surface area contributed by atoms with Gasteiger partial charge in [-0.25, -0.2) is 0 Å². The smallest absolute Gasteiger partial charge is 0.0314 e. The van der Waals surface area contributed by atoms with Gasteiger partial charge in [-0.05, 0) is 66.4 Å². The van der Waals surface area contributed by atoms with Crippen molar-refractivity contribution in [1.29, 1.82) is 0 Å². The largest absolute Gasteiger partial charge is 0.313 e. The molecule has 1 aromatic rings. The van der Waals surface area contributed by atoms with Crippen molar-refractivity contribution in [1.82, 2.24) is 5.32 Å². The van der Waals surface area contributed by atoms with Gasteiger partial charge < -0.3 is 5.32 Å². The Morgan fingerprint density at radius 2 is 2.11 bits per heavy atom. The third-order valence-electron chi connectivity index (χ3n) is 3.84. The fourth-order valence-corrected chi connectivity index (χ4v) is 4.30. The Morgan fingerprint density at radius 1 is 1.39 bits per heavy atom. The maximum atomic E-state index is 3.71. The van der Waals surface area contributed by atoms with Crippen LogP contribution >= 0.6 is 27.7 Å². The molecule has 1 aromatic carbocycles. The highest BCUT2D eigenvalue weighted by Gasteiger charge is 2.15. The van der Waals surface area contributed by atoms with Crippen LogP contribution < -0.4 is 5.32 Å². The molecular formula is C15H22BrNS. The lowest BCUT2D eigenvalue weighted by Crippen LogP contribution is -2.12. The predicted molar refractivity (Wildman–Crippen MR) is 84.3 cm³/mol. The minimum absolute atomic E-state index is 0.412. The van der Waals surface area contributed by atoms with E-state index in [2.05, 4.69) is 46.4 Å². The molecule has 2 rings (SSSR count). The second-order valence-electron chi connectivity index (χ2n) is 5.16. The molecule has 0 bridgehead atoms. The van der Waals surface area contributed by atoms with Gasteiger partial charge in [0.2, 0.25) is 0 Å². The number of hydrogen-bond acceptors (Lipinski definition) is 2. The van der Waals surface area contributed by atoms with Crippen LogP contribution in [0.15, 0.2) is 27.6 Å². The fourth-order valence-electron chi connectivity index (χ4n) is 2.45. The number of nitrogens with one attached hydrogen (secondary N) is 1. The summed E-state index contributed by atoms with van der Waals surface area (Å²) in [5, 5.41) is 3.28. The highest BCUT2D eigenvalue weighted by molar-refractivity contribution is 9.10. The lowest BCUT2D eigenvalue weighted by molar-refractivity contribution is 0.623. The molecule has 0 amide bonds. The van der Waals surface area contributed by atoms with E-state index < -0.39 is 0 Å². The number of benzene rings is 1. The van der Waals surface area contributed by atoms with Gasteiger partial charge in [-0.3, -0.25) is 0 Å². The van der Waals surface area contributed by atoms with E-state index in [1.54, 1.807) is 0 Å². The molecule has 1 nitrogen and oxygen atoms in total. The van der Waals surface area contributed by atoms with Gasteiger partial charge in [-0.15, -0.1) is 11.8 Å². The minimum atomic E-state index is 0.412. The van der Waals surface area contributed by atoms with Crippen LogP contribution in [0.1, 0.15) is 44.2 Å². The van der Waals surface area contributed by atoms with Crippen LogP contribution in [0.2, 0.25) is 0 Å². The number of rotatable bonds is 5. The monoisotopic (exact) mass is 327 g/mol. The van der Waals surface area contributed by atoms with Gasteiger partial charge in [-0.2, -0.15) is 0 Å². The van der Waals surface area contributed by atoms with Crippen molar-refractivity contribution in [2.45, 2.75) is 43.5 Å². The summed E-state index contributed by atoms with van der Waals surface area (Å²) < 4.78 is 1.24. The average molecular weight is 328 g/mol. The Kier molecular flexibility index (Phi) is 5.58. The highest BCUT2D eigenvalue weighted by Crippen LogP contribution is 2.35. The van der Waals surface area contributed by atoms with Crippen LogP contribution in [-0.2, 0) is 0 Å². The standard InChI is InChI=1S/C15H22BrNS/c1-11(17-2)13-7-8-15(14(16)9-13)18-10-12-5-3-4-6-12/h7-9,11-12,17H,3-6,10H2,1-2H3. The van der Waals surface area contributed by atoms with Crippen molar-refractivity contribution in [2.75, 3.05) is 12.8 Å². The third-order valence-corrected chi connectivity index (χ3v) is 6.06. The maximum Gasteiger partial charge on any atom is 0.0314 e. The first-order valence-corrected chi connectivity index (χ1v) is 8.58. The van der Waals surface area contributed by atoms with Crippen molar-refractivity contribution < 1.29 is 0 Å². The summed E-state index contributed by atoms with van der Waals surface area (Å²) >= 11 is 5.71. The summed E-state index contributed by atoms with van der Waals surface area (Å²) in [6, 6.07) is 7.16. The van der Waals surface area contributed by atoms with Crippen molar-refractivity contribution in [3.8, 4) is 0 Å². The molecule has 1 unspecified atom stereocenters. The molecule has 100 valence electrons. The van der Waals surface area contributed by atoms with Gasteiger partial charge in [-0.1, -0.05) is 18.9 Å². The van der Waals surface area contributed by atoms with Crippen molar-refractivity contribution >= 4 is 27.7 Å². The van der Waals surface area contributed by atoms with E-state index in [0.717, 1.165) is 5.92 Å². The SMILES string of the molecule is CNC(C)c1ccc(SCC2CCCC2)c(Br)c1. The van der Waals surface area contributed by atoms with Crippen LogP contribution in [0.5, 0.6) is 0 Å². The molecule has 18 heavy (non-hydrogen) atoms. The molecule has 1 saturated carbocycles. The van der Waals surface area contributed by atoms with Gasteiger partial charge >= 0.3 is 0 Å². The fraction of sp³-hybridized carbons (Fsp3) is 0.600. The number of hydrogen-bond donors (Lipinski definition) is 1. The van der Waals surface area contributed by atoms with E-state index in [0.29, 0.717) is 6.04 Å². The van der Waals surface area contributed by atoms with Crippen molar-refractivity contribution in [2.24, 2.45) is 5.92 Å². The molecule has 1 aliphatic carbocycles. The van der Waals surface area contributed by atoms with Crippen molar-refractivity contribution in [3.63, 3.8) is 0 Å². The van der Waals surface area contributed by atoms with E-state index in [-0.39, 0.29) is 0 Å². The normalized spacial score (nSPS) is 18.2. The summed E-state index contributed by atoms with van der Waals surface area (Å²) in [5.41, 5.74) is 1.34. The van der Waals surface area contributed by atoms with Gasteiger partial charge in [0.1, 0.15) is 0 Å². The van der Waals surface area contributed by atoms with Crippen LogP contribution in [-0.4, -0.2) is 12.8 Å². The van der Waals surface area contributed by atoms with Gasteiger partial charge in [0.15, 0.2) is 0 Å². The zero-order valence-electron chi connectivity index (χ0n) is 11.2. The topological polar surface area (TPSA) is 12.0 Å². The predicted octanol–water partition coefficient (Wildman–Crippen LogP) is 5.01. The second-order valence-corrected chi connectivity index (χ2v) is 7.08. The lowest BCUT2D eigenvalue weighted by Gasteiger charge is -2.14. The number of thioether (sulfide) groups is 1. The molecule has 0 spiro atoms. The molecule has 1 aliphatic rings. The summed E-state index contributed by atoms with van der Waals surface area (Å²) in [4.78, 5) is 1.38. The third kappa shape index (κ3) is 3.75. The summed E-state index contributed by atoms with van der Waals surface area (Å²) in [6.07, 6.45) is 5.73. The summed E-state index contributed by atoms with van der Waals surface area (Å²) in [7, 11) is 2.00. The zero-order chi connectivity index (χ0) is 13.0. The van der Waals surface area contributed by atoms with Crippen LogP contribution in [0, 0.1) is 5.92 Å². The van der Waals surface area contributed by atoms with Gasteiger partial charge in [0.25, 0.3) is 0 Å². The Hall–Kier alpha value is 0.01000. The number of halogens is 1. The Bertz CT molecular complexity index is 388. The molecule has 1 fully saturated rings. The van der Waals surface area contributed by atoms with Crippen molar-refractivity contribution in [3.05, 3.63) is 28.2 Å². The van der Waals surface area contributed by atoms with E-state index >= 15 is 0 Å². The summed E-state index contributed by atoms with van der Waals surface area (Å²) in [5.74, 6) is 2.22. The average Bonchev–Trinajstić information content (AvgIpc) is 2.89. The molecular weight excluding hydrogens is 306 g/mol. The van der Waals surface area contributed by atoms with Gasteiger partial charge in [0.05, 0.1) is 0 Å². The first-order chi connectivity index (χ1) is 8.70. The van der Waals surface area contributed by atoms with E-state index in [1.807, 2.05) is 18.8 Å². The summed E-state index contributed by atoms with van der Waals surface area (Å²) in [6.45, 7) is 2.19. The molecule has 0 aromatic heterocycles. The molecule has 0 heterocycles. The molecule has 0 radical (unpaired) electrons. The van der Waals surface area contributed by atoms with Gasteiger partial charge in [0, 0.05) is 21.2 Å². The lowest BCUT2D eigenvalue weighted by atomic mass is 10.1. The molecule has 0 aliphatic heterocycles.